The lowest BCUT2D eigenvalue weighted by Crippen LogP contribution is -2.11. The zero-order chi connectivity index (χ0) is 14.8. The highest BCUT2D eigenvalue weighted by Gasteiger charge is 2.06. The van der Waals surface area contributed by atoms with E-state index in [2.05, 4.69) is 20.8 Å². The number of aryl methyl sites for hydroxylation is 1. The average Bonchev–Trinajstić information content (AvgIpc) is 2.45. The van der Waals surface area contributed by atoms with Gasteiger partial charge in [-0.1, -0.05) is 32.9 Å². The first kappa shape index (κ1) is 16.7. The van der Waals surface area contributed by atoms with Crippen molar-refractivity contribution in [1.29, 1.82) is 0 Å². The molecular formula is C17H26O3. The van der Waals surface area contributed by atoms with Gasteiger partial charge >= 0.3 is 5.97 Å². The minimum absolute atomic E-state index is 0.279. The Morgan fingerprint density at radius 3 is 2.40 bits per heavy atom. The Morgan fingerprint density at radius 1 is 1.10 bits per heavy atom. The van der Waals surface area contributed by atoms with E-state index in [1.54, 1.807) is 0 Å². The monoisotopic (exact) mass is 278 g/mol. The van der Waals surface area contributed by atoms with Crippen LogP contribution in [0.25, 0.3) is 0 Å². The maximum atomic E-state index is 11.7. The van der Waals surface area contributed by atoms with Crippen LogP contribution in [-0.4, -0.2) is 25.8 Å². The molecule has 0 heterocycles. The van der Waals surface area contributed by atoms with Crippen LogP contribution in [0.15, 0.2) is 24.3 Å². The molecule has 0 aromatic heterocycles. The Hall–Kier alpha value is -1.35. The van der Waals surface area contributed by atoms with Crippen LogP contribution in [-0.2, 0) is 15.9 Å². The molecule has 0 aliphatic carbocycles. The van der Waals surface area contributed by atoms with E-state index in [-0.39, 0.29) is 5.97 Å². The van der Waals surface area contributed by atoms with Crippen molar-refractivity contribution < 1.29 is 14.3 Å². The van der Waals surface area contributed by atoms with Crippen LogP contribution < -0.4 is 0 Å². The molecule has 0 radical (unpaired) electrons. The lowest BCUT2D eigenvalue weighted by molar-refractivity contribution is 0.0310. The SMILES string of the molecule is CCc1ccc(C(=O)OCCOCCCC(C)C)cc1. The van der Waals surface area contributed by atoms with Gasteiger partial charge in [-0.05, 0) is 42.9 Å². The van der Waals surface area contributed by atoms with Crippen LogP contribution in [0.1, 0.15) is 49.5 Å². The van der Waals surface area contributed by atoms with Gasteiger partial charge < -0.3 is 9.47 Å². The van der Waals surface area contributed by atoms with Crippen LogP contribution >= 0.6 is 0 Å². The number of ether oxygens (including phenoxy) is 2. The van der Waals surface area contributed by atoms with Gasteiger partial charge in [0.1, 0.15) is 6.61 Å². The van der Waals surface area contributed by atoms with Gasteiger partial charge in [0, 0.05) is 6.61 Å². The molecule has 0 aliphatic heterocycles. The van der Waals surface area contributed by atoms with Crippen molar-refractivity contribution in [2.45, 2.75) is 40.0 Å². The number of carbonyl (C=O) groups excluding carboxylic acids is 1. The number of rotatable bonds is 9. The molecule has 3 heteroatoms. The minimum Gasteiger partial charge on any atom is -0.460 e. The summed E-state index contributed by atoms with van der Waals surface area (Å²) in [5.41, 5.74) is 1.82. The fraction of sp³-hybridized carbons (Fsp3) is 0.588. The molecule has 3 nitrogen and oxygen atoms in total. The van der Waals surface area contributed by atoms with Crippen molar-refractivity contribution in [2.75, 3.05) is 19.8 Å². The van der Waals surface area contributed by atoms with Gasteiger partial charge in [0.15, 0.2) is 0 Å². The predicted octanol–water partition coefficient (Wildman–Crippen LogP) is 3.86. The smallest absolute Gasteiger partial charge is 0.338 e. The van der Waals surface area contributed by atoms with Crippen molar-refractivity contribution in [3.05, 3.63) is 35.4 Å². The van der Waals surface area contributed by atoms with Gasteiger partial charge in [-0.15, -0.1) is 0 Å². The topological polar surface area (TPSA) is 35.5 Å². The number of carbonyl (C=O) groups is 1. The molecule has 112 valence electrons. The summed E-state index contributed by atoms with van der Waals surface area (Å²) in [5.74, 6) is 0.431. The van der Waals surface area contributed by atoms with Crippen LogP contribution in [0.5, 0.6) is 0 Å². The number of hydrogen-bond donors (Lipinski definition) is 0. The van der Waals surface area contributed by atoms with E-state index in [1.807, 2.05) is 24.3 Å². The molecule has 0 aliphatic rings. The molecule has 0 unspecified atom stereocenters. The zero-order valence-corrected chi connectivity index (χ0v) is 12.9. The van der Waals surface area contributed by atoms with Gasteiger partial charge in [-0.25, -0.2) is 4.79 Å². The fourth-order valence-corrected chi connectivity index (χ4v) is 1.85. The predicted molar refractivity (Wildman–Crippen MR) is 81.0 cm³/mol. The standard InChI is InChI=1S/C17H26O3/c1-4-15-7-9-16(10-8-15)17(18)20-13-12-19-11-5-6-14(2)3/h7-10,14H,4-6,11-13H2,1-3H3. The Morgan fingerprint density at radius 2 is 1.80 bits per heavy atom. The third-order valence-corrected chi connectivity index (χ3v) is 3.13. The van der Waals surface area contributed by atoms with E-state index in [0.717, 1.165) is 19.4 Å². The van der Waals surface area contributed by atoms with Gasteiger partial charge in [0.05, 0.1) is 12.2 Å². The third kappa shape index (κ3) is 6.71. The Kier molecular flexibility index (Phi) is 7.97. The second-order valence-corrected chi connectivity index (χ2v) is 5.33. The average molecular weight is 278 g/mol. The van der Waals surface area contributed by atoms with Crippen LogP contribution in [0.3, 0.4) is 0 Å². The van der Waals surface area contributed by atoms with E-state index >= 15 is 0 Å². The summed E-state index contributed by atoms with van der Waals surface area (Å²) in [6.45, 7) is 8.01. The lowest BCUT2D eigenvalue weighted by Gasteiger charge is -2.07. The van der Waals surface area contributed by atoms with Gasteiger partial charge in [-0.2, -0.15) is 0 Å². The molecule has 0 amide bonds. The molecule has 1 aromatic rings. The molecule has 0 saturated carbocycles. The maximum Gasteiger partial charge on any atom is 0.338 e. The van der Waals surface area contributed by atoms with Crippen molar-refractivity contribution in [3.63, 3.8) is 0 Å². The van der Waals surface area contributed by atoms with E-state index < -0.39 is 0 Å². The summed E-state index contributed by atoms with van der Waals surface area (Å²) in [6, 6.07) is 7.54. The van der Waals surface area contributed by atoms with Crippen LogP contribution in [0.4, 0.5) is 0 Å². The summed E-state index contributed by atoms with van der Waals surface area (Å²) in [7, 11) is 0. The minimum atomic E-state index is -0.279. The van der Waals surface area contributed by atoms with E-state index in [9.17, 15) is 4.79 Å². The first-order valence-corrected chi connectivity index (χ1v) is 7.47. The fourth-order valence-electron chi connectivity index (χ4n) is 1.85. The van der Waals surface area contributed by atoms with Gasteiger partial charge in [0.25, 0.3) is 0 Å². The zero-order valence-electron chi connectivity index (χ0n) is 12.9. The number of benzene rings is 1. The Bertz CT molecular complexity index is 382. The first-order chi connectivity index (χ1) is 9.63. The highest BCUT2D eigenvalue weighted by molar-refractivity contribution is 5.89. The highest BCUT2D eigenvalue weighted by Crippen LogP contribution is 2.06. The highest BCUT2D eigenvalue weighted by atomic mass is 16.6. The third-order valence-electron chi connectivity index (χ3n) is 3.13. The first-order valence-electron chi connectivity index (χ1n) is 7.47. The summed E-state index contributed by atoms with van der Waals surface area (Å²) >= 11 is 0. The molecule has 1 aromatic carbocycles. The molecule has 20 heavy (non-hydrogen) atoms. The van der Waals surface area contributed by atoms with Crippen molar-refractivity contribution in [2.24, 2.45) is 5.92 Å². The van der Waals surface area contributed by atoms with Crippen LogP contribution in [0.2, 0.25) is 0 Å². The van der Waals surface area contributed by atoms with Crippen LogP contribution in [0, 0.1) is 5.92 Å². The Balaban J connectivity index is 2.13. The molecule has 0 fully saturated rings. The van der Waals surface area contributed by atoms with E-state index in [1.165, 1.54) is 12.0 Å². The quantitative estimate of drug-likeness (QED) is 0.508. The molecule has 0 spiro atoms. The Labute approximate surface area is 122 Å². The number of esters is 1. The largest absolute Gasteiger partial charge is 0.460 e. The van der Waals surface area contributed by atoms with Gasteiger partial charge in [-0.3, -0.25) is 0 Å². The summed E-state index contributed by atoms with van der Waals surface area (Å²) in [5, 5.41) is 0. The molecular weight excluding hydrogens is 252 g/mol. The van der Waals surface area contributed by atoms with Crippen molar-refractivity contribution in [1.82, 2.24) is 0 Å². The van der Waals surface area contributed by atoms with E-state index in [0.29, 0.717) is 24.7 Å². The molecule has 1 rings (SSSR count). The lowest BCUT2D eigenvalue weighted by atomic mass is 10.1. The molecule has 0 saturated heterocycles. The summed E-state index contributed by atoms with van der Waals surface area (Å²) < 4.78 is 10.6. The maximum absolute atomic E-state index is 11.7. The number of hydrogen-bond acceptors (Lipinski definition) is 3. The second-order valence-electron chi connectivity index (χ2n) is 5.33. The van der Waals surface area contributed by atoms with Crippen molar-refractivity contribution >= 4 is 5.97 Å². The van der Waals surface area contributed by atoms with Crippen molar-refractivity contribution in [3.8, 4) is 0 Å². The molecule has 0 N–H and O–H groups in total. The van der Waals surface area contributed by atoms with E-state index in [4.69, 9.17) is 9.47 Å². The molecule has 0 bridgehead atoms. The normalized spacial score (nSPS) is 10.8. The summed E-state index contributed by atoms with van der Waals surface area (Å²) in [6.07, 6.45) is 3.20. The van der Waals surface area contributed by atoms with Gasteiger partial charge in [0.2, 0.25) is 0 Å². The molecule has 0 atom stereocenters. The second kappa shape index (κ2) is 9.54. The summed E-state index contributed by atoms with van der Waals surface area (Å²) in [4.78, 5) is 11.7.